The van der Waals surface area contributed by atoms with Crippen molar-refractivity contribution < 1.29 is 4.79 Å². The molecule has 0 saturated carbocycles. The van der Waals surface area contributed by atoms with Crippen molar-refractivity contribution in [3.63, 3.8) is 0 Å². The van der Waals surface area contributed by atoms with Crippen molar-refractivity contribution in [1.82, 2.24) is 14.9 Å². The molecule has 2 aromatic heterocycles. The number of hydrogen-bond acceptors (Lipinski definition) is 4. The first-order valence-corrected chi connectivity index (χ1v) is 10.6. The SMILES string of the molecule is Cc1ccc2[nH]c(-c3ccc4ccccc4n3)c(CCCC(=O)N(CC#N)CC#N)c2c1. The van der Waals surface area contributed by atoms with Gasteiger partial charge in [0.2, 0.25) is 5.91 Å². The lowest BCUT2D eigenvalue weighted by Gasteiger charge is -2.15. The van der Waals surface area contributed by atoms with E-state index in [9.17, 15) is 4.79 Å². The van der Waals surface area contributed by atoms with Crippen molar-refractivity contribution in [3.05, 3.63) is 65.7 Å². The van der Waals surface area contributed by atoms with E-state index in [0.29, 0.717) is 12.8 Å². The Morgan fingerprint density at radius 1 is 1.06 bits per heavy atom. The van der Waals surface area contributed by atoms with Gasteiger partial charge in [0.15, 0.2) is 0 Å². The van der Waals surface area contributed by atoms with Crippen LogP contribution in [0.2, 0.25) is 0 Å². The van der Waals surface area contributed by atoms with Gasteiger partial charge in [-0.15, -0.1) is 0 Å². The number of aryl methyl sites for hydroxylation is 2. The van der Waals surface area contributed by atoms with Crippen molar-refractivity contribution >= 4 is 27.7 Å². The zero-order chi connectivity index (χ0) is 22.5. The maximum atomic E-state index is 12.5. The van der Waals surface area contributed by atoms with Crippen LogP contribution in [-0.4, -0.2) is 33.9 Å². The molecule has 1 amide bonds. The van der Waals surface area contributed by atoms with Gasteiger partial charge in [-0.25, -0.2) is 4.98 Å². The van der Waals surface area contributed by atoms with E-state index in [1.165, 1.54) is 10.5 Å². The molecule has 0 fully saturated rings. The average molecular weight is 422 g/mol. The predicted molar refractivity (Wildman–Crippen MR) is 125 cm³/mol. The highest BCUT2D eigenvalue weighted by molar-refractivity contribution is 5.92. The van der Waals surface area contributed by atoms with E-state index < -0.39 is 0 Å². The number of carbonyl (C=O) groups is 1. The van der Waals surface area contributed by atoms with Crippen LogP contribution < -0.4 is 0 Å². The van der Waals surface area contributed by atoms with Gasteiger partial charge in [0.25, 0.3) is 0 Å². The van der Waals surface area contributed by atoms with Crippen molar-refractivity contribution in [2.75, 3.05) is 13.1 Å². The van der Waals surface area contributed by atoms with Crippen molar-refractivity contribution in [3.8, 4) is 23.5 Å². The Bertz CT molecular complexity index is 1360. The highest BCUT2D eigenvalue weighted by atomic mass is 16.2. The smallest absolute Gasteiger partial charge is 0.224 e. The molecule has 32 heavy (non-hydrogen) atoms. The molecule has 0 atom stereocenters. The van der Waals surface area contributed by atoms with Gasteiger partial charge < -0.3 is 9.88 Å². The molecule has 0 aliphatic carbocycles. The number of amides is 1. The van der Waals surface area contributed by atoms with E-state index in [1.807, 2.05) is 42.5 Å². The van der Waals surface area contributed by atoms with Crippen LogP contribution in [0.3, 0.4) is 0 Å². The third-order valence-corrected chi connectivity index (χ3v) is 5.61. The quantitative estimate of drug-likeness (QED) is 0.430. The Hall–Kier alpha value is -4.16. The molecule has 0 bridgehead atoms. The zero-order valence-electron chi connectivity index (χ0n) is 17.9. The number of aromatic amines is 1. The Morgan fingerprint density at radius 2 is 1.84 bits per heavy atom. The van der Waals surface area contributed by atoms with E-state index in [-0.39, 0.29) is 25.4 Å². The van der Waals surface area contributed by atoms with Gasteiger partial charge in [0.1, 0.15) is 13.1 Å². The standard InChI is InChI=1S/C26H23N5O/c1-18-9-11-23-21(17-18)20(6-4-8-25(32)31(15-13-27)16-14-28)26(30-23)24-12-10-19-5-2-3-7-22(19)29-24/h2-3,5,7,9-12,17,30H,4,6,8,15-16H2,1H3. The van der Waals surface area contributed by atoms with Crippen LogP contribution in [0, 0.1) is 29.6 Å². The molecule has 2 heterocycles. The van der Waals surface area contributed by atoms with Gasteiger partial charge in [0.05, 0.1) is 29.0 Å². The molecule has 0 spiro atoms. The van der Waals surface area contributed by atoms with Crippen LogP contribution in [0.25, 0.3) is 33.2 Å². The summed E-state index contributed by atoms with van der Waals surface area (Å²) < 4.78 is 0. The molecule has 4 rings (SSSR count). The third kappa shape index (κ3) is 4.31. The Labute approximate surface area is 186 Å². The minimum absolute atomic E-state index is 0.0646. The summed E-state index contributed by atoms with van der Waals surface area (Å²) in [4.78, 5) is 22.2. The maximum Gasteiger partial charge on any atom is 0.224 e. The maximum absolute atomic E-state index is 12.5. The first kappa shape index (κ1) is 21.1. The molecule has 0 aliphatic rings. The lowest BCUT2D eigenvalue weighted by molar-refractivity contribution is -0.130. The van der Waals surface area contributed by atoms with Crippen LogP contribution >= 0.6 is 0 Å². The molecule has 0 radical (unpaired) electrons. The number of hydrogen-bond donors (Lipinski definition) is 1. The van der Waals surface area contributed by atoms with E-state index in [4.69, 9.17) is 15.5 Å². The minimum atomic E-state index is -0.172. The second-order valence-corrected chi connectivity index (χ2v) is 7.84. The summed E-state index contributed by atoms with van der Waals surface area (Å²) in [7, 11) is 0. The fourth-order valence-corrected chi connectivity index (χ4v) is 4.02. The van der Waals surface area contributed by atoms with Crippen molar-refractivity contribution in [1.29, 1.82) is 10.5 Å². The molecule has 0 unspecified atom stereocenters. The van der Waals surface area contributed by atoms with Crippen LogP contribution in [0.5, 0.6) is 0 Å². The van der Waals surface area contributed by atoms with E-state index in [0.717, 1.165) is 38.8 Å². The second-order valence-electron chi connectivity index (χ2n) is 7.84. The Kier molecular flexibility index (Phi) is 6.14. The summed E-state index contributed by atoms with van der Waals surface area (Å²) in [6.45, 7) is 1.94. The number of para-hydroxylation sites is 1. The number of nitrogens with one attached hydrogen (secondary N) is 1. The first-order chi connectivity index (χ1) is 15.6. The zero-order valence-corrected chi connectivity index (χ0v) is 17.9. The van der Waals surface area contributed by atoms with Crippen LogP contribution in [-0.2, 0) is 11.2 Å². The Balaban J connectivity index is 1.65. The van der Waals surface area contributed by atoms with Crippen LogP contribution in [0.1, 0.15) is 24.0 Å². The fraction of sp³-hybridized carbons (Fsp3) is 0.231. The number of pyridine rings is 1. The van der Waals surface area contributed by atoms with E-state index in [2.05, 4.69) is 36.2 Å². The highest BCUT2D eigenvalue weighted by Gasteiger charge is 2.17. The topological polar surface area (TPSA) is 96.6 Å². The van der Waals surface area contributed by atoms with Gasteiger partial charge in [0, 0.05) is 22.7 Å². The molecule has 4 aromatic rings. The van der Waals surface area contributed by atoms with Gasteiger partial charge in [-0.2, -0.15) is 10.5 Å². The predicted octanol–water partition coefficient (Wildman–Crippen LogP) is 4.89. The monoisotopic (exact) mass is 421 g/mol. The molecular weight excluding hydrogens is 398 g/mol. The fourth-order valence-electron chi connectivity index (χ4n) is 4.02. The summed E-state index contributed by atoms with van der Waals surface area (Å²) >= 11 is 0. The Morgan fingerprint density at radius 3 is 2.62 bits per heavy atom. The number of carbonyl (C=O) groups excluding carboxylic acids is 1. The lowest BCUT2D eigenvalue weighted by atomic mass is 10.0. The van der Waals surface area contributed by atoms with Crippen molar-refractivity contribution in [2.24, 2.45) is 0 Å². The van der Waals surface area contributed by atoms with Gasteiger partial charge in [-0.3, -0.25) is 4.79 Å². The molecule has 6 heteroatoms. The van der Waals surface area contributed by atoms with E-state index in [1.54, 1.807) is 0 Å². The van der Waals surface area contributed by atoms with Gasteiger partial charge in [-0.1, -0.05) is 35.9 Å². The van der Waals surface area contributed by atoms with E-state index >= 15 is 0 Å². The van der Waals surface area contributed by atoms with Crippen LogP contribution in [0.15, 0.2) is 54.6 Å². The molecule has 158 valence electrons. The summed E-state index contributed by atoms with van der Waals surface area (Å²) in [6, 6.07) is 22.3. The molecule has 0 saturated heterocycles. The number of benzene rings is 2. The molecular formula is C26H23N5O. The summed E-state index contributed by atoms with van der Waals surface area (Å²) in [5, 5.41) is 20.0. The minimum Gasteiger partial charge on any atom is -0.353 e. The molecule has 6 nitrogen and oxygen atoms in total. The highest BCUT2D eigenvalue weighted by Crippen LogP contribution is 2.32. The third-order valence-electron chi connectivity index (χ3n) is 5.61. The number of aromatic nitrogens is 2. The van der Waals surface area contributed by atoms with Gasteiger partial charge in [-0.05, 0) is 49.6 Å². The number of nitrogens with zero attached hydrogens (tertiary/aromatic N) is 4. The number of H-pyrrole nitrogens is 1. The molecule has 1 N–H and O–H groups in total. The molecule has 0 aliphatic heterocycles. The normalized spacial score (nSPS) is 10.7. The number of rotatable bonds is 7. The summed E-state index contributed by atoms with van der Waals surface area (Å²) in [5.74, 6) is -0.172. The van der Waals surface area contributed by atoms with Crippen molar-refractivity contribution in [2.45, 2.75) is 26.2 Å². The van der Waals surface area contributed by atoms with Crippen LogP contribution in [0.4, 0.5) is 0 Å². The van der Waals surface area contributed by atoms with Gasteiger partial charge >= 0.3 is 0 Å². The largest absolute Gasteiger partial charge is 0.353 e. The lowest BCUT2D eigenvalue weighted by Crippen LogP contribution is -2.31. The average Bonchev–Trinajstić information content (AvgIpc) is 3.16. The number of fused-ring (bicyclic) bond motifs is 2. The first-order valence-electron chi connectivity index (χ1n) is 10.6. The second kappa shape index (κ2) is 9.32. The molecule has 2 aromatic carbocycles. The summed E-state index contributed by atoms with van der Waals surface area (Å²) in [6.07, 6.45) is 1.59. The number of nitriles is 2. The summed E-state index contributed by atoms with van der Waals surface area (Å²) in [5.41, 5.74) is 6.11.